The Bertz CT molecular complexity index is 761. The lowest BCUT2D eigenvalue weighted by Gasteiger charge is -2.27. The van der Waals surface area contributed by atoms with Crippen molar-refractivity contribution in [3.8, 4) is 0 Å². The number of benzene rings is 1. The molecule has 2 nitrogen and oxygen atoms in total. The summed E-state index contributed by atoms with van der Waals surface area (Å²) in [6.07, 6.45) is 5.94. The second-order valence-corrected chi connectivity index (χ2v) is 8.37. The minimum atomic E-state index is 0.679. The summed E-state index contributed by atoms with van der Waals surface area (Å²) in [6, 6.07) is 11.7. The van der Waals surface area contributed by atoms with Crippen molar-refractivity contribution in [3.63, 3.8) is 0 Å². The smallest absolute Gasteiger partial charge is 0.128 e. The highest BCUT2D eigenvalue weighted by Gasteiger charge is 2.20. The van der Waals surface area contributed by atoms with E-state index in [9.17, 15) is 0 Å². The van der Waals surface area contributed by atoms with E-state index in [0.29, 0.717) is 5.92 Å². The highest BCUT2D eigenvalue weighted by molar-refractivity contribution is 5.42. The van der Waals surface area contributed by atoms with Gasteiger partial charge < -0.3 is 4.90 Å². The Kier molecular flexibility index (Phi) is 9.20. The summed E-state index contributed by atoms with van der Waals surface area (Å²) in [5.74, 6) is 2.57. The van der Waals surface area contributed by atoms with Gasteiger partial charge in [-0.1, -0.05) is 64.8 Å². The molecule has 1 atom stereocenters. The van der Waals surface area contributed by atoms with Crippen molar-refractivity contribution >= 4 is 5.82 Å². The van der Waals surface area contributed by atoms with Gasteiger partial charge in [0.1, 0.15) is 5.82 Å². The molecule has 0 N–H and O–H groups in total. The first-order valence-corrected chi connectivity index (χ1v) is 11.8. The first-order chi connectivity index (χ1) is 14.0. The van der Waals surface area contributed by atoms with Crippen molar-refractivity contribution < 1.29 is 0 Å². The number of anilines is 1. The molecule has 0 fully saturated rings. The second-order valence-electron chi connectivity index (χ2n) is 8.37. The number of pyridine rings is 1. The Morgan fingerprint density at radius 3 is 2.14 bits per heavy atom. The van der Waals surface area contributed by atoms with Gasteiger partial charge in [-0.3, -0.25) is 0 Å². The maximum Gasteiger partial charge on any atom is 0.128 e. The Hall–Kier alpha value is -1.83. The summed E-state index contributed by atoms with van der Waals surface area (Å²) in [5, 5.41) is 0. The average Bonchev–Trinajstić information content (AvgIpc) is 2.74. The molecule has 29 heavy (non-hydrogen) atoms. The van der Waals surface area contributed by atoms with Crippen LogP contribution in [0.25, 0.3) is 0 Å². The molecule has 2 heteroatoms. The van der Waals surface area contributed by atoms with Crippen LogP contribution in [-0.2, 0) is 12.8 Å². The van der Waals surface area contributed by atoms with Crippen LogP contribution in [0, 0.1) is 19.8 Å². The van der Waals surface area contributed by atoms with Gasteiger partial charge in [0.05, 0.1) is 0 Å². The predicted octanol–water partition coefficient (Wildman–Crippen LogP) is 7.26. The van der Waals surface area contributed by atoms with Gasteiger partial charge in [-0.25, -0.2) is 4.98 Å². The fourth-order valence-electron chi connectivity index (χ4n) is 4.64. The molecule has 2 aromatic rings. The first kappa shape index (κ1) is 23.4. The zero-order valence-corrected chi connectivity index (χ0v) is 19.9. The molecule has 1 heterocycles. The lowest BCUT2D eigenvalue weighted by molar-refractivity contribution is 0.388. The minimum absolute atomic E-state index is 0.679. The Balaban J connectivity index is 2.24. The van der Waals surface area contributed by atoms with Crippen LogP contribution in [0.4, 0.5) is 5.82 Å². The topological polar surface area (TPSA) is 16.1 Å². The Morgan fingerprint density at radius 1 is 0.862 bits per heavy atom. The van der Waals surface area contributed by atoms with Crippen LogP contribution in [0.1, 0.15) is 87.7 Å². The van der Waals surface area contributed by atoms with Crippen molar-refractivity contribution in [2.24, 2.45) is 5.92 Å². The number of nitrogens with zero attached hydrogens (tertiary/aromatic N) is 2. The van der Waals surface area contributed by atoms with Crippen LogP contribution in [-0.4, -0.2) is 18.1 Å². The molecule has 0 spiro atoms. The van der Waals surface area contributed by atoms with Gasteiger partial charge in [-0.2, -0.15) is 0 Å². The summed E-state index contributed by atoms with van der Waals surface area (Å²) in [5.41, 5.74) is 6.96. The molecular formula is C27H42N2. The highest BCUT2D eigenvalue weighted by atomic mass is 15.2. The first-order valence-electron chi connectivity index (χ1n) is 11.8. The van der Waals surface area contributed by atoms with Crippen LogP contribution in [0.3, 0.4) is 0 Å². The van der Waals surface area contributed by atoms with E-state index in [0.717, 1.165) is 43.4 Å². The molecule has 2 rings (SSSR count). The fraction of sp³-hybridized carbons (Fsp3) is 0.593. The van der Waals surface area contributed by atoms with Crippen molar-refractivity contribution in [3.05, 3.63) is 58.3 Å². The number of rotatable bonds is 11. The summed E-state index contributed by atoms with van der Waals surface area (Å²) < 4.78 is 0. The molecule has 1 unspecified atom stereocenters. The summed E-state index contributed by atoms with van der Waals surface area (Å²) in [4.78, 5) is 7.24. The molecule has 0 radical (unpaired) electrons. The van der Waals surface area contributed by atoms with E-state index < -0.39 is 0 Å². The van der Waals surface area contributed by atoms with Crippen molar-refractivity contribution in [2.75, 3.05) is 18.0 Å². The van der Waals surface area contributed by atoms with Crippen molar-refractivity contribution in [1.82, 2.24) is 4.98 Å². The van der Waals surface area contributed by atoms with Gasteiger partial charge in [-0.05, 0) is 80.2 Å². The molecule has 0 bridgehead atoms. The summed E-state index contributed by atoms with van der Waals surface area (Å²) >= 11 is 0. The fourth-order valence-corrected chi connectivity index (χ4v) is 4.64. The molecule has 0 saturated carbocycles. The summed E-state index contributed by atoms with van der Waals surface area (Å²) in [7, 11) is 0. The lowest BCUT2D eigenvalue weighted by Crippen LogP contribution is -2.27. The molecule has 160 valence electrons. The van der Waals surface area contributed by atoms with Crippen molar-refractivity contribution in [1.29, 1.82) is 0 Å². The quantitative estimate of drug-likeness (QED) is 0.399. The van der Waals surface area contributed by atoms with Gasteiger partial charge >= 0.3 is 0 Å². The van der Waals surface area contributed by atoms with E-state index in [1.807, 2.05) is 0 Å². The third-order valence-electron chi connectivity index (χ3n) is 6.79. The van der Waals surface area contributed by atoms with Gasteiger partial charge in [0, 0.05) is 18.8 Å². The van der Waals surface area contributed by atoms with Crippen LogP contribution in [0.2, 0.25) is 0 Å². The number of hydrogen-bond acceptors (Lipinski definition) is 2. The summed E-state index contributed by atoms with van der Waals surface area (Å²) in [6.45, 7) is 17.8. The Labute approximate surface area is 179 Å². The maximum absolute atomic E-state index is 4.83. The van der Waals surface area contributed by atoms with E-state index in [4.69, 9.17) is 4.98 Å². The maximum atomic E-state index is 4.83. The van der Waals surface area contributed by atoms with Gasteiger partial charge in [0.2, 0.25) is 0 Å². The van der Waals surface area contributed by atoms with E-state index >= 15 is 0 Å². The van der Waals surface area contributed by atoms with Crippen LogP contribution >= 0.6 is 0 Å². The average molecular weight is 395 g/mol. The zero-order chi connectivity index (χ0) is 21.4. The van der Waals surface area contributed by atoms with Crippen molar-refractivity contribution in [2.45, 2.75) is 86.5 Å². The zero-order valence-electron chi connectivity index (χ0n) is 19.9. The Morgan fingerprint density at radius 2 is 1.59 bits per heavy atom. The second kappa shape index (κ2) is 11.4. The molecule has 0 saturated heterocycles. The predicted molar refractivity (Wildman–Crippen MR) is 128 cm³/mol. The SMILES string of the molecule is CCc1ccc(C(CC)C(CC)CC)cc1CCN(CC)c1ccc(C)c(C)n1. The van der Waals surface area contributed by atoms with Crippen LogP contribution in [0.5, 0.6) is 0 Å². The van der Waals surface area contributed by atoms with E-state index in [1.165, 1.54) is 36.0 Å². The molecule has 0 aliphatic rings. The minimum Gasteiger partial charge on any atom is -0.357 e. The van der Waals surface area contributed by atoms with E-state index in [2.05, 4.69) is 83.7 Å². The lowest BCUT2D eigenvalue weighted by atomic mass is 9.80. The standard InChI is InChI=1S/C27H42N2/c1-8-22(9-2)26(11-4)25-15-14-23(10-3)24(19-25)17-18-29(12-5)27-16-13-20(6)21(7)28-27/h13-16,19,22,26H,8-12,17-18H2,1-7H3. The van der Waals surface area contributed by atoms with Gasteiger partial charge in [0.25, 0.3) is 0 Å². The molecule has 0 aliphatic carbocycles. The highest BCUT2D eigenvalue weighted by Crippen LogP contribution is 2.33. The number of aromatic nitrogens is 1. The van der Waals surface area contributed by atoms with Gasteiger partial charge in [-0.15, -0.1) is 0 Å². The van der Waals surface area contributed by atoms with E-state index in [1.54, 1.807) is 5.56 Å². The van der Waals surface area contributed by atoms with E-state index in [-0.39, 0.29) is 0 Å². The molecule has 1 aromatic heterocycles. The van der Waals surface area contributed by atoms with Crippen LogP contribution < -0.4 is 4.90 Å². The molecular weight excluding hydrogens is 352 g/mol. The monoisotopic (exact) mass is 394 g/mol. The third-order valence-corrected chi connectivity index (χ3v) is 6.79. The molecule has 0 amide bonds. The number of hydrogen-bond donors (Lipinski definition) is 0. The third kappa shape index (κ3) is 5.84. The largest absolute Gasteiger partial charge is 0.357 e. The molecule has 0 aliphatic heterocycles. The number of likely N-dealkylation sites (N-methyl/N-ethyl adjacent to an activating group) is 1. The van der Waals surface area contributed by atoms with Crippen LogP contribution in [0.15, 0.2) is 30.3 Å². The normalized spacial score (nSPS) is 12.4. The molecule has 1 aromatic carbocycles. The number of aryl methyl sites for hydroxylation is 3. The van der Waals surface area contributed by atoms with Gasteiger partial charge in [0.15, 0.2) is 0 Å².